The van der Waals surface area contributed by atoms with Gasteiger partial charge in [-0.1, -0.05) is 45.2 Å². The highest BCUT2D eigenvalue weighted by atomic mass is 32.3. The summed E-state index contributed by atoms with van der Waals surface area (Å²) in [5.41, 5.74) is 1.18. The molecule has 1 atom stereocenters. The standard InChI is InChI=1S/C14H22O4S/c1-3-5-6-7-12(4-2)13-8-10-14(11-9-13)18-19(15,16)17/h8-12H,3-7H2,1-2H3,(H,15,16,17). The predicted molar refractivity (Wildman–Crippen MR) is 75.8 cm³/mol. The van der Waals surface area contributed by atoms with E-state index < -0.39 is 10.4 Å². The van der Waals surface area contributed by atoms with Crippen LogP contribution in [0.5, 0.6) is 5.75 Å². The van der Waals surface area contributed by atoms with Crippen LogP contribution in [0.4, 0.5) is 0 Å². The molecule has 0 spiro atoms. The van der Waals surface area contributed by atoms with Crippen LogP contribution in [0, 0.1) is 0 Å². The van der Waals surface area contributed by atoms with Crippen molar-refractivity contribution in [3.63, 3.8) is 0 Å². The smallest absolute Gasteiger partial charge is 0.362 e. The van der Waals surface area contributed by atoms with Gasteiger partial charge in [-0.2, -0.15) is 8.42 Å². The maximum absolute atomic E-state index is 10.6. The van der Waals surface area contributed by atoms with Crippen LogP contribution >= 0.6 is 0 Å². The fraction of sp³-hybridized carbons (Fsp3) is 0.571. The average Bonchev–Trinajstić information content (AvgIpc) is 2.34. The Kier molecular flexibility index (Phi) is 6.31. The van der Waals surface area contributed by atoms with Gasteiger partial charge in [0.1, 0.15) is 5.75 Å². The average molecular weight is 286 g/mol. The molecule has 1 aromatic rings. The van der Waals surface area contributed by atoms with Gasteiger partial charge in [-0.15, -0.1) is 0 Å². The van der Waals surface area contributed by atoms with Gasteiger partial charge in [-0.05, 0) is 36.5 Å². The first kappa shape index (κ1) is 16.0. The minimum absolute atomic E-state index is 0.134. The third-order valence-electron chi connectivity index (χ3n) is 3.20. The quantitative estimate of drug-likeness (QED) is 0.580. The lowest BCUT2D eigenvalue weighted by molar-refractivity contribution is 0.386. The van der Waals surface area contributed by atoms with Crippen LogP contribution in [-0.2, 0) is 10.4 Å². The molecule has 0 bridgehead atoms. The van der Waals surface area contributed by atoms with Crippen molar-refractivity contribution in [2.24, 2.45) is 0 Å². The summed E-state index contributed by atoms with van der Waals surface area (Å²) in [6.45, 7) is 4.33. The first-order chi connectivity index (χ1) is 8.96. The van der Waals surface area contributed by atoms with Gasteiger partial charge in [0, 0.05) is 0 Å². The Morgan fingerprint density at radius 1 is 1.16 bits per heavy atom. The van der Waals surface area contributed by atoms with Gasteiger partial charge in [0.15, 0.2) is 0 Å². The molecule has 0 aromatic heterocycles. The van der Waals surface area contributed by atoms with Crippen molar-refractivity contribution >= 4 is 10.4 Å². The Morgan fingerprint density at radius 2 is 1.79 bits per heavy atom. The fourth-order valence-corrected chi connectivity index (χ4v) is 2.52. The van der Waals surface area contributed by atoms with Crippen molar-refractivity contribution in [1.29, 1.82) is 0 Å². The van der Waals surface area contributed by atoms with E-state index >= 15 is 0 Å². The molecule has 1 unspecified atom stereocenters. The molecule has 0 fully saturated rings. The third-order valence-corrected chi connectivity index (χ3v) is 3.61. The molecule has 0 heterocycles. The Labute approximate surface area is 115 Å². The van der Waals surface area contributed by atoms with Crippen molar-refractivity contribution in [2.75, 3.05) is 0 Å². The summed E-state index contributed by atoms with van der Waals surface area (Å²) in [7, 11) is -4.43. The summed E-state index contributed by atoms with van der Waals surface area (Å²) < 4.78 is 34.2. The summed E-state index contributed by atoms with van der Waals surface area (Å²) >= 11 is 0. The number of benzene rings is 1. The normalized spacial score (nSPS) is 13.2. The third kappa shape index (κ3) is 6.07. The topological polar surface area (TPSA) is 63.6 Å². The van der Waals surface area contributed by atoms with E-state index in [0.717, 1.165) is 12.8 Å². The Balaban J connectivity index is 2.67. The molecule has 0 saturated heterocycles. The maximum atomic E-state index is 10.6. The van der Waals surface area contributed by atoms with Crippen LogP contribution < -0.4 is 4.18 Å². The molecular formula is C14H22O4S. The van der Waals surface area contributed by atoms with Crippen molar-refractivity contribution in [3.05, 3.63) is 29.8 Å². The van der Waals surface area contributed by atoms with Gasteiger partial charge >= 0.3 is 10.4 Å². The van der Waals surface area contributed by atoms with E-state index in [9.17, 15) is 8.42 Å². The number of hydrogen-bond donors (Lipinski definition) is 1. The van der Waals surface area contributed by atoms with E-state index in [1.54, 1.807) is 12.1 Å². The van der Waals surface area contributed by atoms with E-state index in [1.165, 1.54) is 24.8 Å². The van der Waals surface area contributed by atoms with Crippen molar-refractivity contribution in [3.8, 4) is 5.75 Å². The Hall–Kier alpha value is -1.07. The summed E-state index contributed by atoms with van der Waals surface area (Å²) in [4.78, 5) is 0. The first-order valence-electron chi connectivity index (χ1n) is 6.73. The lowest BCUT2D eigenvalue weighted by atomic mass is 9.91. The predicted octanol–water partition coefficient (Wildman–Crippen LogP) is 3.94. The van der Waals surface area contributed by atoms with Crippen LogP contribution in [-0.4, -0.2) is 13.0 Å². The van der Waals surface area contributed by atoms with E-state index in [0.29, 0.717) is 5.92 Å². The lowest BCUT2D eigenvalue weighted by Gasteiger charge is -2.15. The molecule has 0 aliphatic rings. The Morgan fingerprint density at radius 3 is 2.26 bits per heavy atom. The van der Waals surface area contributed by atoms with Gasteiger partial charge in [-0.3, -0.25) is 4.55 Å². The highest BCUT2D eigenvalue weighted by Crippen LogP contribution is 2.27. The molecule has 1 aromatic carbocycles. The van der Waals surface area contributed by atoms with E-state index in [2.05, 4.69) is 18.0 Å². The molecule has 0 amide bonds. The lowest BCUT2D eigenvalue weighted by Crippen LogP contribution is -2.06. The highest BCUT2D eigenvalue weighted by molar-refractivity contribution is 7.81. The van der Waals surface area contributed by atoms with Gasteiger partial charge < -0.3 is 4.18 Å². The molecule has 1 rings (SSSR count). The minimum atomic E-state index is -4.43. The van der Waals surface area contributed by atoms with E-state index in [4.69, 9.17) is 4.55 Å². The molecule has 19 heavy (non-hydrogen) atoms. The van der Waals surface area contributed by atoms with Gasteiger partial charge in [0.2, 0.25) is 0 Å². The summed E-state index contributed by atoms with van der Waals surface area (Å²) in [5.74, 6) is 0.626. The number of hydrogen-bond acceptors (Lipinski definition) is 3. The molecule has 4 nitrogen and oxygen atoms in total. The maximum Gasteiger partial charge on any atom is 0.446 e. The van der Waals surface area contributed by atoms with Crippen molar-refractivity contribution in [2.45, 2.75) is 51.9 Å². The molecular weight excluding hydrogens is 264 g/mol. The molecule has 108 valence electrons. The molecule has 5 heteroatoms. The van der Waals surface area contributed by atoms with Gasteiger partial charge in [0.05, 0.1) is 0 Å². The monoisotopic (exact) mass is 286 g/mol. The summed E-state index contributed by atoms with van der Waals surface area (Å²) in [5, 5.41) is 0. The van der Waals surface area contributed by atoms with Crippen LogP contribution in [0.3, 0.4) is 0 Å². The van der Waals surface area contributed by atoms with E-state index in [1.807, 2.05) is 12.1 Å². The molecule has 0 aliphatic heterocycles. The largest absolute Gasteiger partial charge is 0.446 e. The minimum Gasteiger partial charge on any atom is -0.362 e. The van der Waals surface area contributed by atoms with Gasteiger partial charge in [-0.25, -0.2) is 0 Å². The Bertz CT molecular complexity index is 465. The zero-order chi connectivity index (χ0) is 14.3. The zero-order valence-electron chi connectivity index (χ0n) is 11.5. The second kappa shape index (κ2) is 7.50. The second-order valence-corrected chi connectivity index (χ2v) is 5.70. The highest BCUT2D eigenvalue weighted by Gasteiger charge is 2.11. The van der Waals surface area contributed by atoms with Crippen LogP contribution in [0.1, 0.15) is 57.4 Å². The van der Waals surface area contributed by atoms with Crippen molar-refractivity contribution in [1.82, 2.24) is 0 Å². The second-order valence-electron chi connectivity index (χ2n) is 4.68. The van der Waals surface area contributed by atoms with Crippen LogP contribution in [0.25, 0.3) is 0 Å². The molecule has 0 aliphatic carbocycles. The molecule has 0 radical (unpaired) electrons. The SMILES string of the molecule is CCCCCC(CC)c1ccc(OS(=O)(=O)O)cc1. The molecule has 0 saturated carbocycles. The number of rotatable bonds is 8. The zero-order valence-corrected chi connectivity index (χ0v) is 12.3. The molecule has 1 N–H and O–H groups in total. The van der Waals surface area contributed by atoms with Crippen molar-refractivity contribution < 1.29 is 17.2 Å². The number of unbranched alkanes of at least 4 members (excludes halogenated alkanes) is 2. The van der Waals surface area contributed by atoms with E-state index in [-0.39, 0.29) is 5.75 Å². The van der Waals surface area contributed by atoms with Crippen LogP contribution in [0.15, 0.2) is 24.3 Å². The summed E-state index contributed by atoms with van der Waals surface area (Å²) in [6.07, 6.45) is 5.85. The summed E-state index contributed by atoms with van der Waals surface area (Å²) in [6, 6.07) is 6.87. The first-order valence-corrected chi connectivity index (χ1v) is 8.09. The van der Waals surface area contributed by atoms with Gasteiger partial charge in [0.25, 0.3) is 0 Å². The van der Waals surface area contributed by atoms with Crippen LogP contribution in [0.2, 0.25) is 0 Å². The fourth-order valence-electron chi connectivity index (χ4n) is 2.16.